The number of likely N-dealkylation sites (N-methyl/N-ethyl adjacent to an activating group) is 1. The van der Waals surface area contributed by atoms with E-state index in [0.29, 0.717) is 24.9 Å². The molecule has 2 saturated carbocycles. The van der Waals surface area contributed by atoms with Crippen molar-refractivity contribution in [3.63, 3.8) is 0 Å². The van der Waals surface area contributed by atoms with Gasteiger partial charge in [0, 0.05) is 33.2 Å². The van der Waals surface area contributed by atoms with E-state index in [9.17, 15) is 4.79 Å². The van der Waals surface area contributed by atoms with Crippen LogP contribution in [-0.4, -0.2) is 57.6 Å². The number of carbonyl (C=O) groups excluding carboxylic acids is 1. The van der Waals surface area contributed by atoms with Gasteiger partial charge in [-0.05, 0) is 50.5 Å². The molecule has 1 heterocycles. The van der Waals surface area contributed by atoms with E-state index in [1.807, 2.05) is 7.05 Å². The Morgan fingerprint density at radius 3 is 2.80 bits per heavy atom. The summed E-state index contributed by atoms with van der Waals surface area (Å²) in [5, 5.41) is 0. The SMILES string of the molecule is C=C1CCC[C@]2(C)C[C@H]3OC(=O)[C@@H](CN(C)CC(OC)OC)[C@H]3C[C@H]12. The highest BCUT2D eigenvalue weighted by molar-refractivity contribution is 5.75. The molecular formula is C20H33NO4. The molecule has 5 nitrogen and oxygen atoms in total. The Kier molecular flexibility index (Phi) is 5.57. The van der Waals surface area contributed by atoms with E-state index in [1.165, 1.54) is 18.4 Å². The first-order chi connectivity index (χ1) is 11.9. The van der Waals surface area contributed by atoms with Crippen LogP contribution in [0.3, 0.4) is 0 Å². The largest absolute Gasteiger partial charge is 0.462 e. The topological polar surface area (TPSA) is 48.0 Å². The first-order valence-electron chi connectivity index (χ1n) is 9.50. The van der Waals surface area contributed by atoms with Gasteiger partial charge in [-0.15, -0.1) is 0 Å². The second kappa shape index (κ2) is 7.37. The Labute approximate surface area is 151 Å². The normalized spacial score (nSPS) is 38.0. The van der Waals surface area contributed by atoms with Gasteiger partial charge in [0.25, 0.3) is 0 Å². The minimum Gasteiger partial charge on any atom is -0.462 e. The van der Waals surface area contributed by atoms with Crippen LogP contribution in [0.15, 0.2) is 12.2 Å². The van der Waals surface area contributed by atoms with E-state index in [1.54, 1.807) is 14.2 Å². The molecule has 0 aromatic rings. The molecule has 5 heteroatoms. The van der Waals surface area contributed by atoms with Gasteiger partial charge in [0.2, 0.25) is 0 Å². The van der Waals surface area contributed by atoms with Crippen molar-refractivity contribution in [1.82, 2.24) is 4.90 Å². The third-order valence-corrected chi connectivity index (χ3v) is 6.81. The van der Waals surface area contributed by atoms with Gasteiger partial charge in [0.1, 0.15) is 6.10 Å². The molecule has 0 amide bonds. The minimum atomic E-state index is -0.272. The molecule has 0 spiro atoms. The number of ether oxygens (including phenoxy) is 3. The molecule has 0 aromatic heterocycles. The summed E-state index contributed by atoms with van der Waals surface area (Å²) in [6, 6.07) is 0. The number of rotatable bonds is 6. The third-order valence-electron chi connectivity index (χ3n) is 6.81. The molecule has 3 aliphatic rings. The minimum absolute atomic E-state index is 0.0268. The maximum atomic E-state index is 12.6. The second-order valence-corrected chi connectivity index (χ2v) is 8.53. The van der Waals surface area contributed by atoms with E-state index in [0.717, 1.165) is 19.3 Å². The average molecular weight is 351 g/mol. The molecule has 0 bridgehead atoms. The van der Waals surface area contributed by atoms with Crippen LogP contribution >= 0.6 is 0 Å². The zero-order valence-corrected chi connectivity index (χ0v) is 16.1. The number of hydrogen-bond donors (Lipinski definition) is 0. The lowest BCUT2D eigenvalue weighted by Gasteiger charge is -2.50. The molecule has 3 fully saturated rings. The Balaban J connectivity index is 1.68. The molecule has 142 valence electrons. The molecule has 5 atom stereocenters. The van der Waals surface area contributed by atoms with Crippen LogP contribution in [0.25, 0.3) is 0 Å². The van der Waals surface area contributed by atoms with Crippen molar-refractivity contribution in [2.24, 2.45) is 23.2 Å². The van der Waals surface area contributed by atoms with Crippen molar-refractivity contribution >= 4 is 5.97 Å². The Hall–Kier alpha value is -0.910. The van der Waals surface area contributed by atoms with E-state index >= 15 is 0 Å². The maximum Gasteiger partial charge on any atom is 0.310 e. The van der Waals surface area contributed by atoms with E-state index in [-0.39, 0.29) is 29.7 Å². The lowest BCUT2D eigenvalue weighted by Crippen LogP contribution is -2.46. The Bertz CT molecular complexity index is 518. The van der Waals surface area contributed by atoms with Crippen LogP contribution in [0, 0.1) is 23.2 Å². The number of carbonyl (C=O) groups is 1. The van der Waals surface area contributed by atoms with Gasteiger partial charge < -0.3 is 19.1 Å². The van der Waals surface area contributed by atoms with Crippen molar-refractivity contribution in [3.05, 3.63) is 12.2 Å². The quantitative estimate of drug-likeness (QED) is 0.418. The molecule has 1 saturated heterocycles. The highest BCUT2D eigenvalue weighted by Gasteiger charge is 2.55. The van der Waals surface area contributed by atoms with Gasteiger partial charge in [0.05, 0.1) is 5.92 Å². The van der Waals surface area contributed by atoms with Gasteiger partial charge in [0.15, 0.2) is 6.29 Å². The predicted octanol–water partition coefficient (Wildman–Crippen LogP) is 2.85. The maximum absolute atomic E-state index is 12.6. The zero-order valence-electron chi connectivity index (χ0n) is 16.1. The molecule has 0 radical (unpaired) electrons. The number of esters is 1. The molecular weight excluding hydrogens is 318 g/mol. The van der Waals surface area contributed by atoms with Crippen LogP contribution in [0.5, 0.6) is 0 Å². The first kappa shape index (κ1) is 18.9. The lowest BCUT2D eigenvalue weighted by atomic mass is 9.55. The van der Waals surface area contributed by atoms with Crippen LogP contribution in [0.4, 0.5) is 0 Å². The zero-order chi connectivity index (χ0) is 18.2. The predicted molar refractivity (Wildman–Crippen MR) is 96.0 cm³/mol. The van der Waals surface area contributed by atoms with Crippen LogP contribution in [0.1, 0.15) is 39.0 Å². The van der Waals surface area contributed by atoms with Gasteiger partial charge in [-0.2, -0.15) is 0 Å². The van der Waals surface area contributed by atoms with Crippen molar-refractivity contribution < 1.29 is 19.0 Å². The van der Waals surface area contributed by atoms with Crippen molar-refractivity contribution in [1.29, 1.82) is 0 Å². The summed E-state index contributed by atoms with van der Waals surface area (Å²) < 4.78 is 16.4. The van der Waals surface area contributed by atoms with Crippen molar-refractivity contribution in [2.45, 2.75) is 51.4 Å². The monoisotopic (exact) mass is 351 g/mol. The summed E-state index contributed by atoms with van der Waals surface area (Å²) in [5.74, 6) is 0.770. The van der Waals surface area contributed by atoms with E-state index in [2.05, 4.69) is 18.4 Å². The lowest BCUT2D eigenvalue weighted by molar-refractivity contribution is -0.147. The first-order valence-corrected chi connectivity index (χ1v) is 9.50. The highest BCUT2D eigenvalue weighted by atomic mass is 16.7. The van der Waals surface area contributed by atoms with Crippen LogP contribution in [0.2, 0.25) is 0 Å². The summed E-state index contributed by atoms with van der Waals surface area (Å²) in [7, 11) is 5.29. The fraction of sp³-hybridized carbons (Fsp3) is 0.850. The second-order valence-electron chi connectivity index (χ2n) is 8.53. The Morgan fingerprint density at radius 1 is 1.40 bits per heavy atom. The fourth-order valence-electron chi connectivity index (χ4n) is 5.37. The molecule has 0 aromatic carbocycles. The fourth-order valence-corrected chi connectivity index (χ4v) is 5.37. The molecule has 3 rings (SSSR count). The van der Waals surface area contributed by atoms with Gasteiger partial charge in [-0.25, -0.2) is 0 Å². The summed E-state index contributed by atoms with van der Waals surface area (Å²) in [5.41, 5.74) is 1.65. The Morgan fingerprint density at radius 2 is 2.12 bits per heavy atom. The van der Waals surface area contributed by atoms with Crippen molar-refractivity contribution in [3.8, 4) is 0 Å². The molecule has 1 aliphatic heterocycles. The molecule has 2 aliphatic carbocycles. The van der Waals surface area contributed by atoms with Gasteiger partial charge >= 0.3 is 5.97 Å². The summed E-state index contributed by atoms with van der Waals surface area (Å²) >= 11 is 0. The standard InChI is InChI=1S/C20H33NO4/c1-13-7-6-8-20(2)10-17-14(9-16(13)20)15(19(22)25-17)11-21(3)12-18(23-4)24-5/h14-18H,1,6-12H2,2-5H3/t14-,15+,16-,17-,20-/m1/s1. The number of methoxy groups -OCH3 is 2. The molecule has 25 heavy (non-hydrogen) atoms. The number of fused-ring (bicyclic) bond motifs is 2. The van der Waals surface area contributed by atoms with E-state index in [4.69, 9.17) is 14.2 Å². The highest BCUT2D eigenvalue weighted by Crippen LogP contribution is 2.56. The van der Waals surface area contributed by atoms with Gasteiger partial charge in [-0.3, -0.25) is 4.79 Å². The van der Waals surface area contributed by atoms with Crippen LogP contribution in [-0.2, 0) is 19.0 Å². The van der Waals surface area contributed by atoms with Crippen LogP contribution < -0.4 is 0 Å². The number of allylic oxidation sites excluding steroid dienone is 1. The molecule has 0 unspecified atom stereocenters. The summed E-state index contributed by atoms with van der Waals surface area (Å²) in [6.07, 6.45) is 5.43. The number of nitrogens with zero attached hydrogens (tertiary/aromatic N) is 1. The summed E-state index contributed by atoms with van der Waals surface area (Å²) in [6.45, 7) is 8.06. The van der Waals surface area contributed by atoms with Crippen molar-refractivity contribution in [2.75, 3.05) is 34.4 Å². The smallest absolute Gasteiger partial charge is 0.310 e. The summed E-state index contributed by atoms with van der Waals surface area (Å²) in [4.78, 5) is 14.7. The number of hydrogen-bond acceptors (Lipinski definition) is 5. The van der Waals surface area contributed by atoms with Gasteiger partial charge in [-0.1, -0.05) is 19.1 Å². The van der Waals surface area contributed by atoms with E-state index < -0.39 is 0 Å². The average Bonchev–Trinajstić information content (AvgIpc) is 2.85. The molecule has 0 N–H and O–H groups in total. The third kappa shape index (κ3) is 3.64.